The van der Waals surface area contributed by atoms with Crippen molar-refractivity contribution in [2.24, 2.45) is 14.1 Å². The van der Waals surface area contributed by atoms with Crippen LogP contribution in [0.15, 0.2) is 27.2 Å². The first kappa shape index (κ1) is 17.0. The Morgan fingerprint density at radius 3 is 2.72 bits per heavy atom. The number of thiazole rings is 1. The number of hydrogen-bond acceptors (Lipinski definition) is 6. The van der Waals surface area contributed by atoms with Crippen molar-refractivity contribution in [3.63, 3.8) is 0 Å². The van der Waals surface area contributed by atoms with Crippen LogP contribution in [0.1, 0.15) is 17.6 Å². The van der Waals surface area contributed by atoms with Gasteiger partial charge in [-0.25, -0.2) is 14.8 Å². The van der Waals surface area contributed by atoms with Gasteiger partial charge in [0.25, 0.3) is 5.56 Å². The Morgan fingerprint density at radius 1 is 1.28 bits per heavy atom. The Kier molecular flexibility index (Phi) is 4.49. The topological polar surface area (TPSA) is 98.9 Å². The van der Waals surface area contributed by atoms with E-state index in [4.69, 9.17) is 0 Å². The van der Waals surface area contributed by atoms with E-state index in [1.807, 2.05) is 12.3 Å². The summed E-state index contributed by atoms with van der Waals surface area (Å²) in [6.45, 7) is 2.01. The van der Waals surface area contributed by atoms with Crippen LogP contribution < -0.4 is 16.6 Å². The number of aryl methyl sites for hydroxylation is 2. The number of nitrogens with one attached hydrogen (secondary N) is 1. The number of aromatic nitrogens is 4. The fourth-order valence-corrected chi connectivity index (χ4v) is 3.24. The number of carbonyl (C=O) groups is 1. The first-order chi connectivity index (χ1) is 11.9. The molecule has 0 saturated heterocycles. The molecule has 0 aliphatic carbocycles. The normalized spacial score (nSPS) is 11.0. The number of pyridine rings is 1. The Hall–Kier alpha value is -2.81. The van der Waals surface area contributed by atoms with Gasteiger partial charge in [-0.2, -0.15) is 0 Å². The molecule has 9 heteroatoms. The molecule has 3 heterocycles. The monoisotopic (exact) mass is 359 g/mol. The zero-order chi connectivity index (χ0) is 18.1. The SMILES string of the molecule is CCc1nc(CC(=O)Nc2cnc3c(c2)c(=O)n(C)c(=O)n3C)cs1. The third kappa shape index (κ3) is 3.22. The van der Waals surface area contributed by atoms with Gasteiger partial charge in [-0.1, -0.05) is 6.92 Å². The van der Waals surface area contributed by atoms with Crippen LogP contribution in [-0.2, 0) is 31.7 Å². The lowest BCUT2D eigenvalue weighted by atomic mass is 10.2. The van der Waals surface area contributed by atoms with Crippen LogP contribution in [0.25, 0.3) is 11.0 Å². The number of carbonyl (C=O) groups excluding carboxylic acids is 1. The van der Waals surface area contributed by atoms with E-state index in [-0.39, 0.29) is 23.4 Å². The number of anilines is 1. The summed E-state index contributed by atoms with van der Waals surface area (Å²) in [5.74, 6) is -0.240. The minimum absolute atomic E-state index is 0.153. The lowest BCUT2D eigenvalue weighted by molar-refractivity contribution is -0.115. The van der Waals surface area contributed by atoms with Gasteiger partial charge in [0, 0.05) is 19.5 Å². The van der Waals surface area contributed by atoms with Gasteiger partial charge < -0.3 is 5.32 Å². The van der Waals surface area contributed by atoms with Crippen molar-refractivity contribution in [2.75, 3.05) is 5.32 Å². The Morgan fingerprint density at radius 2 is 2.04 bits per heavy atom. The number of nitrogens with zero attached hydrogens (tertiary/aromatic N) is 4. The molecule has 3 aromatic rings. The highest BCUT2D eigenvalue weighted by atomic mass is 32.1. The number of amides is 1. The molecule has 130 valence electrons. The van der Waals surface area contributed by atoms with Gasteiger partial charge in [-0.15, -0.1) is 11.3 Å². The van der Waals surface area contributed by atoms with Crippen LogP contribution in [0.4, 0.5) is 5.69 Å². The third-order valence-corrected chi connectivity index (χ3v) is 4.86. The summed E-state index contributed by atoms with van der Waals surface area (Å²) in [6, 6.07) is 1.53. The van der Waals surface area contributed by atoms with Gasteiger partial charge in [0.2, 0.25) is 5.91 Å². The molecule has 8 nitrogen and oxygen atoms in total. The molecular weight excluding hydrogens is 342 g/mol. The Balaban J connectivity index is 1.88. The lowest BCUT2D eigenvalue weighted by Gasteiger charge is -2.08. The van der Waals surface area contributed by atoms with E-state index in [2.05, 4.69) is 15.3 Å². The first-order valence-electron chi connectivity index (χ1n) is 7.69. The van der Waals surface area contributed by atoms with E-state index in [1.54, 1.807) is 7.05 Å². The molecule has 25 heavy (non-hydrogen) atoms. The smallest absolute Gasteiger partial charge is 0.324 e. The summed E-state index contributed by atoms with van der Waals surface area (Å²) in [7, 11) is 2.95. The maximum absolute atomic E-state index is 12.3. The highest BCUT2D eigenvalue weighted by molar-refractivity contribution is 7.09. The molecule has 1 amide bonds. The van der Waals surface area contributed by atoms with E-state index in [0.717, 1.165) is 16.0 Å². The summed E-state index contributed by atoms with van der Waals surface area (Å²) < 4.78 is 2.31. The molecule has 0 unspecified atom stereocenters. The summed E-state index contributed by atoms with van der Waals surface area (Å²) in [4.78, 5) is 44.8. The van der Waals surface area contributed by atoms with Crippen molar-refractivity contribution in [1.82, 2.24) is 19.1 Å². The van der Waals surface area contributed by atoms with E-state index in [0.29, 0.717) is 11.4 Å². The molecule has 0 aromatic carbocycles. The highest BCUT2D eigenvalue weighted by Crippen LogP contribution is 2.14. The fourth-order valence-electron chi connectivity index (χ4n) is 2.50. The van der Waals surface area contributed by atoms with E-state index >= 15 is 0 Å². The molecule has 0 bridgehead atoms. The lowest BCUT2D eigenvalue weighted by Crippen LogP contribution is -2.37. The summed E-state index contributed by atoms with van der Waals surface area (Å²) in [5.41, 5.74) is 0.495. The van der Waals surface area contributed by atoms with Crippen molar-refractivity contribution in [1.29, 1.82) is 0 Å². The number of fused-ring (bicyclic) bond motifs is 1. The van der Waals surface area contributed by atoms with E-state index in [1.165, 1.54) is 35.2 Å². The summed E-state index contributed by atoms with van der Waals surface area (Å²) in [6.07, 6.45) is 2.42. The van der Waals surface area contributed by atoms with Crippen LogP contribution in [0, 0.1) is 0 Å². The highest BCUT2D eigenvalue weighted by Gasteiger charge is 2.12. The van der Waals surface area contributed by atoms with Gasteiger partial charge in [0.05, 0.1) is 34.4 Å². The van der Waals surface area contributed by atoms with Gasteiger partial charge in [-0.05, 0) is 12.5 Å². The molecule has 0 aliphatic heterocycles. The quantitative estimate of drug-likeness (QED) is 0.744. The Bertz CT molecular complexity index is 1080. The van der Waals surface area contributed by atoms with Gasteiger partial charge in [0.1, 0.15) is 5.65 Å². The van der Waals surface area contributed by atoms with E-state index < -0.39 is 11.2 Å². The van der Waals surface area contributed by atoms with Crippen LogP contribution in [0.5, 0.6) is 0 Å². The standard InChI is InChI=1S/C16H17N5O3S/c1-4-13-19-10(8-25-13)6-12(22)18-9-5-11-14(17-7-9)20(2)16(24)21(3)15(11)23/h5,7-8H,4,6H2,1-3H3,(H,18,22). The Labute approximate surface area is 146 Å². The van der Waals surface area contributed by atoms with Crippen molar-refractivity contribution in [2.45, 2.75) is 19.8 Å². The van der Waals surface area contributed by atoms with Crippen LogP contribution >= 0.6 is 11.3 Å². The summed E-state index contributed by atoms with van der Waals surface area (Å²) in [5, 5.41) is 5.84. The third-order valence-electron chi connectivity index (χ3n) is 3.82. The zero-order valence-electron chi connectivity index (χ0n) is 14.1. The van der Waals surface area contributed by atoms with Gasteiger partial charge >= 0.3 is 5.69 Å². The second kappa shape index (κ2) is 6.60. The molecule has 0 atom stereocenters. The average molecular weight is 359 g/mol. The molecule has 0 radical (unpaired) electrons. The molecule has 0 saturated carbocycles. The van der Waals surface area contributed by atoms with Crippen molar-refractivity contribution in [3.8, 4) is 0 Å². The first-order valence-corrected chi connectivity index (χ1v) is 8.57. The van der Waals surface area contributed by atoms with Gasteiger partial charge in [0.15, 0.2) is 0 Å². The predicted octanol–water partition coefficient (Wildman–Crippen LogP) is 0.832. The van der Waals surface area contributed by atoms with E-state index in [9.17, 15) is 14.4 Å². The maximum Gasteiger partial charge on any atom is 0.332 e. The van der Waals surface area contributed by atoms with Crippen LogP contribution in [-0.4, -0.2) is 25.0 Å². The number of hydrogen-bond donors (Lipinski definition) is 1. The minimum Gasteiger partial charge on any atom is -0.324 e. The number of rotatable bonds is 4. The molecular formula is C16H17N5O3S. The van der Waals surface area contributed by atoms with Gasteiger partial charge in [-0.3, -0.25) is 18.7 Å². The molecule has 3 rings (SSSR count). The summed E-state index contributed by atoms with van der Waals surface area (Å²) >= 11 is 1.53. The maximum atomic E-state index is 12.3. The second-order valence-corrected chi connectivity index (χ2v) is 6.55. The minimum atomic E-state index is -0.450. The molecule has 3 aromatic heterocycles. The second-order valence-electron chi connectivity index (χ2n) is 5.61. The predicted molar refractivity (Wildman–Crippen MR) is 96.1 cm³/mol. The van der Waals surface area contributed by atoms with Crippen LogP contribution in [0.2, 0.25) is 0 Å². The zero-order valence-corrected chi connectivity index (χ0v) is 14.9. The van der Waals surface area contributed by atoms with Crippen molar-refractivity contribution < 1.29 is 4.79 Å². The molecule has 0 spiro atoms. The molecule has 0 aliphatic rings. The van der Waals surface area contributed by atoms with Crippen molar-refractivity contribution in [3.05, 3.63) is 49.2 Å². The molecule has 0 fully saturated rings. The van der Waals surface area contributed by atoms with Crippen molar-refractivity contribution >= 4 is 34.0 Å². The fraction of sp³-hybridized carbons (Fsp3) is 0.312. The largest absolute Gasteiger partial charge is 0.332 e. The molecule has 1 N–H and O–H groups in total. The van der Waals surface area contributed by atoms with Crippen LogP contribution in [0.3, 0.4) is 0 Å². The average Bonchev–Trinajstić information content (AvgIpc) is 3.05.